The molecule has 0 bridgehead atoms. The third kappa shape index (κ3) is 8.80. The number of rotatable bonds is 17. The van der Waals surface area contributed by atoms with Gasteiger partial charge in [-0.25, -0.2) is 0 Å². The first-order valence-electron chi connectivity index (χ1n) is 22.7. The number of ketones is 3. The Hall–Kier alpha value is -4.00. The third-order valence-corrected chi connectivity index (χ3v) is 15.2. The maximum absolute atomic E-state index is 15.1. The van der Waals surface area contributed by atoms with Gasteiger partial charge in [0.1, 0.15) is 41.1 Å². The number of carbonyl (C=O) groups excluding carboxylic acids is 4. The van der Waals surface area contributed by atoms with Gasteiger partial charge in [-0.2, -0.15) is 0 Å². The van der Waals surface area contributed by atoms with Crippen LogP contribution in [0.4, 0.5) is 0 Å². The minimum atomic E-state index is -0.734. The van der Waals surface area contributed by atoms with E-state index >= 15 is 4.79 Å². The molecule has 2 aromatic rings. The van der Waals surface area contributed by atoms with E-state index in [9.17, 15) is 14.4 Å². The Labute approximate surface area is 345 Å². The van der Waals surface area contributed by atoms with Crippen molar-refractivity contribution in [3.05, 3.63) is 66.3 Å². The number of methoxy groups -OCH3 is 1. The van der Waals surface area contributed by atoms with Crippen molar-refractivity contribution >= 4 is 39.7 Å². The lowest BCUT2D eigenvalue weighted by Crippen LogP contribution is -2.37. The molecule has 0 heterocycles. The summed E-state index contributed by atoms with van der Waals surface area (Å²) >= 11 is 0. The number of esters is 1. The molecular weight excluding hydrogens is 725 g/mol. The fraction of sp³-hybridized carbons (Fsp3) is 0.608. The van der Waals surface area contributed by atoms with Crippen molar-refractivity contribution < 1.29 is 33.4 Å². The predicted octanol–water partition coefficient (Wildman–Crippen LogP) is 11.3. The number of carbonyl (C=O) groups is 4. The molecule has 0 radical (unpaired) electrons. The number of ether oxygens (including phenoxy) is 3. The van der Waals surface area contributed by atoms with Crippen LogP contribution >= 0.6 is 0 Å². The van der Waals surface area contributed by atoms with Gasteiger partial charge in [-0.15, -0.1) is 6.58 Å². The number of hydrogen-bond donors (Lipinski definition) is 0. The van der Waals surface area contributed by atoms with Crippen LogP contribution in [0.1, 0.15) is 141 Å². The molecule has 0 aliphatic heterocycles. The molecule has 0 spiro atoms. The van der Waals surface area contributed by atoms with E-state index in [-0.39, 0.29) is 54.1 Å². The summed E-state index contributed by atoms with van der Waals surface area (Å²) in [6.45, 7) is 5.53. The van der Waals surface area contributed by atoms with Crippen LogP contribution < -0.4 is 9.47 Å². The zero-order valence-electron chi connectivity index (χ0n) is 34.9. The summed E-state index contributed by atoms with van der Waals surface area (Å²) in [4.78, 5) is 56.2. The van der Waals surface area contributed by atoms with Gasteiger partial charge in [0.05, 0.1) is 13.5 Å². The predicted molar refractivity (Wildman–Crippen MR) is 227 cm³/mol. The van der Waals surface area contributed by atoms with Crippen molar-refractivity contribution in [1.29, 1.82) is 0 Å². The van der Waals surface area contributed by atoms with Crippen LogP contribution in [0.2, 0.25) is 0 Å². The number of fused-ring (bicyclic) bond motifs is 1. The Balaban J connectivity index is 1.09. The quantitative estimate of drug-likeness (QED) is 0.116. The van der Waals surface area contributed by atoms with Crippen LogP contribution in [0.5, 0.6) is 11.5 Å². The summed E-state index contributed by atoms with van der Waals surface area (Å²) in [5.74, 6) is 0.357. The highest BCUT2D eigenvalue weighted by atomic mass is 16.5. The number of benzene rings is 2. The van der Waals surface area contributed by atoms with Gasteiger partial charge < -0.3 is 14.2 Å². The SMILES string of the molecule is C=CC1CC1(CC(=O)C1CC(Oc2cc(C3=CCC(CC4CCCC4)=C3)cc3cc(OC)ccc23)CC1C(=O)C(CC(=O)OC1CCCC1)C1CCCCC1)C(C)=O. The third-order valence-electron chi connectivity index (χ3n) is 15.2. The Morgan fingerprint density at radius 3 is 2.31 bits per heavy atom. The lowest BCUT2D eigenvalue weighted by atomic mass is 9.71. The fourth-order valence-electron chi connectivity index (χ4n) is 11.7. The highest BCUT2D eigenvalue weighted by Crippen LogP contribution is 2.58. The van der Waals surface area contributed by atoms with Gasteiger partial charge in [-0.05, 0) is 142 Å². The average molecular weight is 789 g/mol. The number of hydrogen-bond acceptors (Lipinski definition) is 7. The standard InChI is InChI=1S/C51H64O7/c1-4-39-30-51(39,32(2)52)31-47(53)45-27-42(28-46(45)50(55)44(35-14-6-5-7-15-35)29-49(54)58-40-16-10-11-17-40)57-48-26-37(24-38-25-41(56-3)20-21-43(38)48)36-19-18-34(23-36)22-33-12-8-9-13-33/h4,19-21,23-26,33,35,39-40,42,44-46H,1,5-18,22,27-31H2,2-3H3. The fourth-order valence-corrected chi connectivity index (χ4v) is 11.7. The second kappa shape index (κ2) is 17.7. The van der Waals surface area contributed by atoms with Gasteiger partial charge in [0.25, 0.3) is 0 Å². The van der Waals surface area contributed by atoms with Crippen molar-refractivity contribution in [3.63, 3.8) is 0 Å². The summed E-state index contributed by atoms with van der Waals surface area (Å²) in [5.41, 5.74) is 3.04. The van der Waals surface area contributed by atoms with Crippen LogP contribution in [0.15, 0.2) is 60.7 Å². The molecule has 6 aliphatic carbocycles. The van der Waals surface area contributed by atoms with E-state index in [1.54, 1.807) is 20.1 Å². The first-order valence-corrected chi connectivity index (χ1v) is 22.7. The smallest absolute Gasteiger partial charge is 0.306 e. The second-order valence-corrected chi connectivity index (χ2v) is 18.9. The summed E-state index contributed by atoms with van der Waals surface area (Å²) in [6, 6.07) is 10.4. The van der Waals surface area contributed by atoms with E-state index in [4.69, 9.17) is 14.2 Å². The van der Waals surface area contributed by atoms with Gasteiger partial charge in [-0.3, -0.25) is 19.2 Å². The number of allylic oxidation sites excluding steroid dienone is 5. The van der Waals surface area contributed by atoms with Crippen molar-refractivity contribution in [3.8, 4) is 11.5 Å². The van der Waals surface area contributed by atoms with Gasteiger partial charge in [0.2, 0.25) is 0 Å². The maximum Gasteiger partial charge on any atom is 0.306 e. The Bertz CT molecular complexity index is 1950. The molecule has 8 rings (SSSR count). The van der Waals surface area contributed by atoms with Crippen molar-refractivity contribution in [2.24, 2.45) is 40.9 Å². The summed E-state index contributed by atoms with van der Waals surface area (Å²) in [6.07, 6.45) is 24.0. The van der Waals surface area contributed by atoms with E-state index in [1.165, 1.54) is 36.8 Å². The molecule has 58 heavy (non-hydrogen) atoms. The molecule has 5 saturated carbocycles. The van der Waals surface area contributed by atoms with E-state index in [0.717, 1.165) is 104 Å². The normalized spacial score (nSPS) is 28.2. The Morgan fingerprint density at radius 2 is 1.60 bits per heavy atom. The van der Waals surface area contributed by atoms with Crippen molar-refractivity contribution in [2.75, 3.05) is 7.11 Å². The molecule has 6 aliphatic rings. The van der Waals surface area contributed by atoms with Crippen LogP contribution in [0, 0.1) is 40.9 Å². The molecule has 0 amide bonds. The first-order chi connectivity index (χ1) is 28.1. The lowest BCUT2D eigenvalue weighted by Gasteiger charge is -2.32. The highest BCUT2D eigenvalue weighted by molar-refractivity contribution is 5.98. The summed E-state index contributed by atoms with van der Waals surface area (Å²) < 4.78 is 18.6. The minimum Gasteiger partial charge on any atom is -0.497 e. The van der Waals surface area contributed by atoms with E-state index in [2.05, 4.69) is 30.9 Å². The van der Waals surface area contributed by atoms with Crippen LogP contribution in [0.3, 0.4) is 0 Å². The first kappa shape index (κ1) is 40.8. The van der Waals surface area contributed by atoms with Crippen molar-refractivity contribution in [2.45, 2.75) is 148 Å². The van der Waals surface area contributed by atoms with E-state index in [0.29, 0.717) is 19.3 Å². The van der Waals surface area contributed by atoms with E-state index in [1.807, 2.05) is 18.2 Å². The molecule has 5 fully saturated rings. The molecule has 0 N–H and O–H groups in total. The number of Topliss-reactive ketones (excluding diaryl/α,β-unsaturated/α-hetero) is 3. The monoisotopic (exact) mass is 788 g/mol. The molecular formula is C51H64O7. The van der Waals surface area contributed by atoms with E-state index < -0.39 is 29.3 Å². The van der Waals surface area contributed by atoms with Gasteiger partial charge in [-0.1, -0.05) is 68.7 Å². The lowest BCUT2D eigenvalue weighted by molar-refractivity contribution is -0.153. The molecule has 310 valence electrons. The molecule has 0 aromatic heterocycles. The van der Waals surface area contributed by atoms with Crippen LogP contribution in [-0.2, 0) is 23.9 Å². The molecule has 6 atom stereocenters. The zero-order valence-corrected chi connectivity index (χ0v) is 34.9. The summed E-state index contributed by atoms with van der Waals surface area (Å²) in [7, 11) is 1.68. The van der Waals surface area contributed by atoms with Gasteiger partial charge in [0, 0.05) is 35.0 Å². The summed E-state index contributed by atoms with van der Waals surface area (Å²) in [5, 5.41) is 1.96. The highest BCUT2D eigenvalue weighted by Gasteiger charge is 2.59. The van der Waals surface area contributed by atoms with Crippen LogP contribution in [-0.4, -0.2) is 42.6 Å². The molecule has 0 saturated heterocycles. The van der Waals surface area contributed by atoms with Crippen molar-refractivity contribution in [1.82, 2.24) is 0 Å². The molecule has 2 aromatic carbocycles. The Morgan fingerprint density at radius 1 is 0.879 bits per heavy atom. The molecule has 7 heteroatoms. The molecule has 7 nitrogen and oxygen atoms in total. The second-order valence-electron chi connectivity index (χ2n) is 18.9. The topological polar surface area (TPSA) is 96.0 Å². The minimum absolute atomic E-state index is 0.00653. The van der Waals surface area contributed by atoms with Crippen LogP contribution in [0.25, 0.3) is 16.3 Å². The average Bonchev–Trinajstić information content (AvgIpc) is 3.87. The largest absolute Gasteiger partial charge is 0.497 e. The maximum atomic E-state index is 15.1. The Kier molecular flexibility index (Phi) is 12.4. The van der Waals surface area contributed by atoms with Gasteiger partial charge >= 0.3 is 5.97 Å². The van der Waals surface area contributed by atoms with Gasteiger partial charge in [0.15, 0.2) is 0 Å². The molecule has 6 unspecified atom stereocenters. The zero-order chi connectivity index (χ0) is 40.4.